The van der Waals surface area contributed by atoms with Crippen molar-refractivity contribution >= 4 is 49.6 Å². The monoisotopic (exact) mass is 596 g/mol. The van der Waals surface area contributed by atoms with Gasteiger partial charge in [-0.3, -0.25) is 0 Å². The second-order valence-electron chi connectivity index (χ2n) is 9.39. The smallest absolute Gasteiger partial charge is 0.410 e. The summed E-state index contributed by atoms with van der Waals surface area (Å²) in [5.41, 5.74) is 0.922. The third-order valence-electron chi connectivity index (χ3n) is 5.67. The van der Waals surface area contributed by atoms with Gasteiger partial charge in [0.25, 0.3) is 10.0 Å². The molecule has 0 bridgehead atoms. The van der Waals surface area contributed by atoms with Gasteiger partial charge in [-0.15, -0.1) is 0 Å². The number of halogens is 1. The SMILES string of the molecule is CC(C)(C)OC(=O)N(Cc1ccc2c(c1)cc(I)n2S(=O)(=O)c1ccccc1)C1CCOCC1. The van der Waals surface area contributed by atoms with E-state index in [0.29, 0.717) is 29.0 Å². The van der Waals surface area contributed by atoms with Crippen LogP contribution in [-0.4, -0.2) is 48.2 Å². The molecule has 1 aliphatic heterocycles. The molecule has 9 heteroatoms. The van der Waals surface area contributed by atoms with Gasteiger partial charge in [-0.05, 0) is 92.1 Å². The van der Waals surface area contributed by atoms with Crippen LogP contribution in [-0.2, 0) is 26.0 Å². The predicted molar refractivity (Wildman–Crippen MR) is 139 cm³/mol. The lowest BCUT2D eigenvalue weighted by Gasteiger charge is -2.35. The van der Waals surface area contributed by atoms with Gasteiger partial charge in [-0.1, -0.05) is 24.3 Å². The number of carbonyl (C=O) groups is 1. The minimum absolute atomic E-state index is 0.0301. The Morgan fingerprint density at radius 1 is 1.12 bits per heavy atom. The van der Waals surface area contributed by atoms with E-state index in [4.69, 9.17) is 9.47 Å². The van der Waals surface area contributed by atoms with Gasteiger partial charge in [-0.25, -0.2) is 17.2 Å². The maximum Gasteiger partial charge on any atom is 0.410 e. The summed E-state index contributed by atoms with van der Waals surface area (Å²) in [6.45, 7) is 7.18. The normalized spacial score (nSPS) is 15.4. The maximum atomic E-state index is 13.3. The lowest BCUT2D eigenvalue weighted by Crippen LogP contribution is -2.45. The van der Waals surface area contributed by atoms with Gasteiger partial charge in [-0.2, -0.15) is 0 Å². The first-order chi connectivity index (χ1) is 16.1. The van der Waals surface area contributed by atoms with Gasteiger partial charge in [0.15, 0.2) is 0 Å². The number of hydrogen-bond acceptors (Lipinski definition) is 5. The summed E-state index contributed by atoms with van der Waals surface area (Å²) < 4.78 is 39.7. The van der Waals surface area contributed by atoms with Crippen molar-refractivity contribution in [3.63, 3.8) is 0 Å². The molecular formula is C25H29IN2O5S. The number of amides is 1. The van der Waals surface area contributed by atoms with Gasteiger partial charge in [0.2, 0.25) is 0 Å². The maximum absolute atomic E-state index is 13.3. The zero-order valence-electron chi connectivity index (χ0n) is 19.5. The largest absolute Gasteiger partial charge is 0.444 e. The van der Waals surface area contributed by atoms with E-state index in [2.05, 4.69) is 0 Å². The fraction of sp³-hybridized carbons (Fsp3) is 0.400. The zero-order valence-corrected chi connectivity index (χ0v) is 22.5. The van der Waals surface area contributed by atoms with Crippen molar-refractivity contribution in [3.05, 3.63) is 63.9 Å². The Labute approximate surface area is 214 Å². The minimum atomic E-state index is -3.73. The van der Waals surface area contributed by atoms with E-state index in [-0.39, 0.29) is 17.0 Å². The molecule has 1 aromatic heterocycles. The molecule has 1 saturated heterocycles. The van der Waals surface area contributed by atoms with Crippen LogP contribution in [0.15, 0.2) is 59.5 Å². The first kappa shape index (κ1) is 25.0. The van der Waals surface area contributed by atoms with Crippen molar-refractivity contribution in [3.8, 4) is 0 Å². The van der Waals surface area contributed by atoms with E-state index in [1.165, 1.54) is 3.97 Å². The van der Waals surface area contributed by atoms with E-state index in [9.17, 15) is 13.2 Å². The van der Waals surface area contributed by atoms with Crippen LogP contribution >= 0.6 is 22.6 Å². The Kier molecular flexibility index (Phi) is 7.25. The highest BCUT2D eigenvalue weighted by atomic mass is 127. The van der Waals surface area contributed by atoms with Crippen molar-refractivity contribution in [2.75, 3.05) is 13.2 Å². The summed E-state index contributed by atoms with van der Waals surface area (Å²) in [4.78, 5) is 15.1. The molecule has 34 heavy (non-hydrogen) atoms. The minimum Gasteiger partial charge on any atom is -0.444 e. The van der Waals surface area contributed by atoms with Gasteiger partial charge in [0.05, 0.1) is 14.1 Å². The van der Waals surface area contributed by atoms with Crippen LogP contribution in [0.2, 0.25) is 0 Å². The molecule has 7 nitrogen and oxygen atoms in total. The summed E-state index contributed by atoms with van der Waals surface area (Å²) in [7, 11) is -3.73. The van der Waals surface area contributed by atoms with Gasteiger partial charge >= 0.3 is 6.09 Å². The van der Waals surface area contributed by atoms with Crippen LogP contribution in [0.4, 0.5) is 4.79 Å². The molecule has 182 valence electrons. The number of hydrogen-bond donors (Lipinski definition) is 0. The van der Waals surface area contributed by atoms with Crippen LogP contribution in [0.25, 0.3) is 10.9 Å². The first-order valence-electron chi connectivity index (χ1n) is 11.2. The second kappa shape index (κ2) is 9.87. The highest BCUT2D eigenvalue weighted by molar-refractivity contribution is 14.1. The molecule has 0 N–H and O–H groups in total. The third kappa shape index (κ3) is 5.41. The molecule has 0 aliphatic carbocycles. The van der Waals surface area contributed by atoms with Gasteiger partial charge in [0.1, 0.15) is 5.60 Å². The molecule has 1 fully saturated rings. The van der Waals surface area contributed by atoms with E-state index >= 15 is 0 Å². The highest BCUT2D eigenvalue weighted by Gasteiger charge is 2.30. The van der Waals surface area contributed by atoms with Crippen molar-refractivity contribution in [2.45, 2.75) is 56.7 Å². The molecule has 4 rings (SSSR count). The summed E-state index contributed by atoms with van der Waals surface area (Å²) >= 11 is 2.05. The van der Waals surface area contributed by atoms with E-state index in [1.807, 2.05) is 67.6 Å². The van der Waals surface area contributed by atoms with Crippen LogP contribution < -0.4 is 0 Å². The molecule has 3 aromatic rings. The van der Waals surface area contributed by atoms with E-state index in [1.54, 1.807) is 35.2 Å². The first-order valence-corrected chi connectivity index (χ1v) is 13.8. The van der Waals surface area contributed by atoms with Gasteiger partial charge in [0, 0.05) is 31.2 Å². The Bertz CT molecular complexity index is 1280. The van der Waals surface area contributed by atoms with Crippen LogP contribution in [0, 0.1) is 3.70 Å². The topological polar surface area (TPSA) is 77.8 Å². The molecule has 2 aromatic carbocycles. The number of benzene rings is 2. The van der Waals surface area contributed by atoms with Gasteiger partial charge < -0.3 is 14.4 Å². The summed E-state index contributed by atoms with van der Waals surface area (Å²) in [5, 5.41) is 0.803. The summed E-state index contributed by atoms with van der Waals surface area (Å²) in [5.74, 6) is 0. The quantitative estimate of drug-likeness (QED) is 0.369. The molecule has 0 saturated carbocycles. The molecule has 1 amide bonds. The number of ether oxygens (including phenoxy) is 2. The fourth-order valence-electron chi connectivity index (χ4n) is 4.10. The van der Waals surface area contributed by atoms with Crippen LogP contribution in [0.3, 0.4) is 0 Å². The van der Waals surface area contributed by atoms with E-state index < -0.39 is 15.6 Å². The van der Waals surface area contributed by atoms with Crippen molar-refractivity contribution < 1.29 is 22.7 Å². The molecule has 0 radical (unpaired) electrons. The van der Waals surface area contributed by atoms with Crippen molar-refractivity contribution in [1.82, 2.24) is 8.87 Å². The Hall–Kier alpha value is -2.11. The molecule has 2 heterocycles. The number of carbonyl (C=O) groups excluding carboxylic acids is 1. The molecule has 0 spiro atoms. The van der Waals surface area contributed by atoms with E-state index in [0.717, 1.165) is 23.8 Å². The van der Waals surface area contributed by atoms with Crippen LogP contribution in [0.5, 0.6) is 0 Å². The average Bonchev–Trinajstić information content (AvgIpc) is 3.13. The molecule has 0 atom stereocenters. The number of aromatic nitrogens is 1. The number of nitrogens with zero attached hydrogens (tertiary/aromatic N) is 2. The molecule has 1 aliphatic rings. The standard InChI is InChI=1S/C25H29IN2O5S/c1-25(2,3)33-24(29)27(20-11-13-32-14-12-20)17-18-9-10-22-19(15-18)16-23(26)28(22)34(30,31)21-7-5-4-6-8-21/h4-10,15-16,20H,11-14,17H2,1-3H3. The lowest BCUT2D eigenvalue weighted by atomic mass is 10.1. The Morgan fingerprint density at radius 2 is 1.79 bits per heavy atom. The average molecular weight is 596 g/mol. The second-order valence-corrected chi connectivity index (χ2v) is 12.3. The summed E-state index contributed by atoms with van der Waals surface area (Å²) in [6, 6.07) is 15.9. The molecular weight excluding hydrogens is 567 g/mol. The van der Waals surface area contributed by atoms with Crippen molar-refractivity contribution in [2.24, 2.45) is 0 Å². The molecule has 0 unspecified atom stereocenters. The Balaban J connectivity index is 1.67. The fourth-order valence-corrected chi connectivity index (χ4v) is 6.90. The third-order valence-corrected chi connectivity index (χ3v) is 8.54. The zero-order chi connectivity index (χ0) is 24.5. The van der Waals surface area contributed by atoms with Crippen LogP contribution in [0.1, 0.15) is 39.2 Å². The Morgan fingerprint density at radius 3 is 2.44 bits per heavy atom. The predicted octanol–water partition coefficient (Wildman–Crippen LogP) is 5.40. The number of fused-ring (bicyclic) bond motifs is 1. The lowest BCUT2D eigenvalue weighted by molar-refractivity contribution is -0.00807. The highest BCUT2D eigenvalue weighted by Crippen LogP contribution is 2.29. The van der Waals surface area contributed by atoms with Crippen molar-refractivity contribution in [1.29, 1.82) is 0 Å². The summed E-state index contributed by atoms with van der Waals surface area (Å²) in [6.07, 6.45) is 1.16. The number of rotatable bonds is 5.